The molecular formula is C13H11Cl3S. The molecule has 1 heterocycles. The first-order valence-electron chi connectivity index (χ1n) is 5.15. The summed E-state index contributed by atoms with van der Waals surface area (Å²) < 4.78 is 0. The minimum Gasteiger partial charge on any atom is -0.143 e. The third kappa shape index (κ3) is 2.79. The molecule has 1 aromatic carbocycles. The van der Waals surface area contributed by atoms with E-state index in [0.717, 1.165) is 10.4 Å². The molecule has 0 aliphatic carbocycles. The number of hydrogen-bond donors (Lipinski definition) is 0. The average Bonchev–Trinajstić information content (AvgIpc) is 2.60. The Morgan fingerprint density at radius 1 is 1.12 bits per heavy atom. The van der Waals surface area contributed by atoms with Crippen LogP contribution in [0, 0.1) is 13.8 Å². The number of thiophene rings is 1. The van der Waals surface area contributed by atoms with Crippen molar-refractivity contribution in [1.29, 1.82) is 0 Å². The van der Waals surface area contributed by atoms with Crippen LogP contribution in [0.5, 0.6) is 0 Å². The van der Waals surface area contributed by atoms with Gasteiger partial charge in [-0.25, -0.2) is 0 Å². The van der Waals surface area contributed by atoms with E-state index in [4.69, 9.17) is 34.8 Å². The summed E-state index contributed by atoms with van der Waals surface area (Å²) in [7, 11) is 0. The van der Waals surface area contributed by atoms with E-state index in [1.165, 1.54) is 10.4 Å². The van der Waals surface area contributed by atoms with E-state index in [1.807, 2.05) is 6.07 Å². The van der Waals surface area contributed by atoms with E-state index in [0.29, 0.717) is 10.0 Å². The molecule has 0 radical (unpaired) electrons. The van der Waals surface area contributed by atoms with Gasteiger partial charge in [-0.15, -0.1) is 22.9 Å². The number of rotatable bonds is 2. The average molecular weight is 306 g/mol. The molecule has 0 saturated heterocycles. The maximum Gasteiger partial charge on any atom is 0.0945 e. The highest BCUT2D eigenvalue weighted by atomic mass is 35.5. The van der Waals surface area contributed by atoms with Crippen molar-refractivity contribution >= 4 is 46.1 Å². The van der Waals surface area contributed by atoms with Crippen LogP contribution in [0.25, 0.3) is 0 Å². The van der Waals surface area contributed by atoms with Gasteiger partial charge in [0, 0.05) is 19.8 Å². The van der Waals surface area contributed by atoms with Crippen molar-refractivity contribution in [3.63, 3.8) is 0 Å². The van der Waals surface area contributed by atoms with Gasteiger partial charge >= 0.3 is 0 Å². The lowest BCUT2D eigenvalue weighted by Gasteiger charge is -2.11. The fourth-order valence-corrected chi connectivity index (χ4v) is 3.74. The van der Waals surface area contributed by atoms with Gasteiger partial charge in [0.05, 0.1) is 5.38 Å². The van der Waals surface area contributed by atoms with E-state index >= 15 is 0 Å². The Bertz CT molecular complexity index is 546. The molecule has 0 spiro atoms. The van der Waals surface area contributed by atoms with Gasteiger partial charge in [-0.2, -0.15) is 0 Å². The predicted octanol–water partition coefficient (Wildman–Crippen LogP) is 6.00. The molecule has 1 atom stereocenters. The first-order chi connectivity index (χ1) is 7.99. The van der Waals surface area contributed by atoms with Gasteiger partial charge in [-0.05, 0) is 49.2 Å². The van der Waals surface area contributed by atoms with Crippen molar-refractivity contribution in [3.05, 3.63) is 55.2 Å². The summed E-state index contributed by atoms with van der Waals surface area (Å²) in [5, 5.41) is 1.07. The highest BCUT2D eigenvalue weighted by Gasteiger charge is 2.18. The molecule has 1 aromatic heterocycles. The summed E-state index contributed by atoms with van der Waals surface area (Å²) in [5.41, 5.74) is 2.06. The number of aryl methyl sites for hydroxylation is 2. The SMILES string of the molecule is Cc1cc(C)c(C(Cl)c2cc(Cl)ccc2Cl)s1. The maximum atomic E-state index is 6.49. The molecule has 4 heteroatoms. The molecule has 0 aliphatic rings. The van der Waals surface area contributed by atoms with Crippen molar-refractivity contribution in [2.45, 2.75) is 19.2 Å². The van der Waals surface area contributed by atoms with E-state index in [-0.39, 0.29) is 5.38 Å². The first kappa shape index (κ1) is 13.2. The highest BCUT2D eigenvalue weighted by Crippen LogP contribution is 2.40. The van der Waals surface area contributed by atoms with Crippen LogP contribution >= 0.6 is 46.1 Å². The van der Waals surface area contributed by atoms with Gasteiger partial charge in [0.15, 0.2) is 0 Å². The van der Waals surface area contributed by atoms with Gasteiger partial charge in [0.2, 0.25) is 0 Å². The predicted molar refractivity (Wildman–Crippen MR) is 78.0 cm³/mol. The summed E-state index contributed by atoms with van der Waals surface area (Å²) in [5.74, 6) is 0. The number of halogens is 3. The van der Waals surface area contributed by atoms with Crippen molar-refractivity contribution < 1.29 is 0 Å². The fourth-order valence-electron chi connectivity index (χ4n) is 1.76. The second-order valence-corrected chi connectivity index (χ2v) is 6.50. The summed E-state index contributed by atoms with van der Waals surface area (Å²) in [4.78, 5) is 2.38. The van der Waals surface area contributed by atoms with Crippen LogP contribution in [-0.4, -0.2) is 0 Å². The molecule has 0 saturated carbocycles. The minimum atomic E-state index is -0.236. The van der Waals surface area contributed by atoms with Crippen molar-refractivity contribution in [3.8, 4) is 0 Å². The Labute approximate surface area is 120 Å². The first-order valence-corrected chi connectivity index (χ1v) is 7.16. The Hall–Kier alpha value is -0.210. The molecule has 0 fully saturated rings. The number of benzene rings is 1. The van der Waals surface area contributed by atoms with E-state index < -0.39 is 0 Å². The van der Waals surface area contributed by atoms with Crippen molar-refractivity contribution in [2.75, 3.05) is 0 Å². The van der Waals surface area contributed by atoms with Crippen LogP contribution in [-0.2, 0) is 0 Å². The van der Waals surface area contributed by atoms with Gasteiger partial charge in [0.25, 0.3) is 0 Å². The molecule has 2 rings (SSSR count). The molecule has 2 aromatic rings. The van der Waals surface area contributed by atoms with Crippen LogP contribution in [0.15, 0.2) is 24.3 Å². The lowest BCUT2D eigenvalue weighted by Crippen LogP contribution is -1.93. The zero-order valence-corrected chi connectivity index (χ0v) is 12.5. The summed E-state index contributed by atoms with van der Waals surface area (Å²) in [6, 6.07) is 7.51. The molecule has 0 N–H and O–H groups in total. The van der Waals surface area contributed by atoms with Crippen LogP contribution in [0.1, 0.15) is 26.3 Å². The second kappa shape index (κ2) is 5.19. The van der Waals surface area contributed by atoms with E-state index in [1.54, 1.807) is 23.5 Å². The smallest absolute Gasteiger partial charge is 0.0945 e. The summed E-state index contributed by atoms with van der Waals surface area (Å²) >= 11 is 20.3. The van der Waals surface area contributed by atoms with Crippen LogP contribution in [0.3, 0.4) is 0 Å². The summed E-state index contributed by atoms with van der Waals surface area (Å²) in [6.45, 7) is 4.14. The molecule has 1 unspecified atom stereocenters. The van der Waals surface area contributed by atoms with Crippen LogP contribution in [0.2, 0.25) is 10.0 Å². The fraction of sp³-hybridized carbons (Fsp3) is 0.231. The summed E-state index contributed by atoms with van der Waals surface area (Å²) in [6.07, 6.45) is 0. The topological polar surface area (TPSA) is 0 Å². The largest absolute Gasteiger partial charge is 0.143 e. The third-order valence-corrected chi connectivity index (χ3v) is 4.92. The standard InChI is InChI=1S/C13H11Cl3S/c1-7-5-8(2)17-13(7)12(16)10-6-9(14)3-4-11(10)15/h3-6,12H,1-2H3. The van der Waals surface area contributed by atoms with Gasteiger partial charge in [-0.3, -0.25) is 0 Å². The number of alkyl halides is 1. The van der Waals surface area contributed by atoms with Crippen molar-refractivity contribution in [1.82, 2.24) is 0 Å². The lowest BCUT2D eigenvalue weighted by atomic mass is 10.1. The van der Waals surface area contributed by atoms with Crippen LogP contribution in [0.4, 0.5) is 0 Å². The Morgan fingerprint density at radius 2 is 1.82 bits per heavy atom. The Kier molecular flexibility index (Phi) is 4.04. The van der Waals surface area contributed by atoms with E-state index in [9.17, 15) is 0 Å². The zero-order chi connectivity index (χ0) is 12.6. The number of hydrogen-bond acceptors (Lipinski definition) is 1. The third-order valence-electron chi connectivity index (χ3n) is 2.54. The maximum absolute atomic E-state index is 6.49. The highest BCUT2D eigenvalue weighted by molar-refractivity contribution is 7.12. The van der Waals surface area contributed by atoms with Crippen molar-refractivity contribution in [2.24, 2.45) is 0 Å². The minimum absolute atomic E-state index is 0.236. The quantitative estimate of drug-likeness (QED) is 0.597. The molecular weight excluding hydrogens is 295 g/mol. The zero-order valence-electron chi connectivity index (χ0n) is 9.43. The lowest BCUT2D eigenvalue weighted by molar-refractivity contribution is 1.16. The monoisotopic (exact) mass is 304 g/mol. The molecule has 17 heavy (non-hydrogen) atoms. The molecule has 0 aliphatic heterocycles. The normalized spacial score (nSPS) is 12.8. The van der Waals surface area contributed by atoms with Gasteiger partial charge in [-0.1, -0.05) is 23.2 Å². The molecule has 0 amide bonds. The Balaban J connectivity index is 2.46. The molecule has 90 valence electrons. The second-order valence-electron chi connectivity index (χ2n) is 3.93. The molecule has 0 bridgehead atoms. The Morgan fingerprint density at radius 3 is 2.41 bits per heavy atom. The van der Waals surface area contributed by atoms with Gasteiger partial charge < -0.3 is 0 Å². The van der Waals surface area contributed by atoms with Gasteiger partial charge in [0.1, 0.15) is 0 Å². The molecule has 0 nitrogen and oxygen atoms in total. The van der Waals surface area contributed by atoms with E-state index in [2.05, 4.69) is 19.9 Å². The van der Waals surface area contributed by atoms with Crippen LogP contribution < -0.4 is 0 Å².